The number of aromatic nitrogens is 3. The molecule has 0 aliphatic heterocycles. The third-order valence-electron chi connectivity index (χ3n) is 4.13. The highest BCUT2D eigenvalue weighted by molar-refractivity contribution is 5.72. The maximum atomic E-state index is 13.2. The molecule has 124 valence electrons. The summed E-state index contributed by atoms with van der Waals surface area (Å²) in [6.07, 6.45) is 2.06. The highest BCUT2D eigenvalue weighted by Crippen LogP contribution is 2.16. The van der Waals surface area contributed by atoms with Gasteiger partial charge in [0.2, 0.25) is 0 Å². The summed E-state index contributed by atoms with van der Waals surface area (Å²) in [6, 6.07) is 22.4. The largest absolute Gasteiger partial charge is 0.278 e. The Balaban J connectivity index is 1.97. The van der Waals surface area contributed by atoms with E-state index in [2.05, 4.69) is 16.0 Å². The predicted octanol–water partition coefficient (Wildman–Crippen LogP) is 3.24. The normalized spacial score (nSPS) is 10.6. The summed E-state index contributed by atoms with van der Waals surface area (Å²) in [6.45, 7) is 0. The molecular formula is C21H14N4O. The number of pyridine rings is 1. The van der Waals surface area contributed by atoms with Crippen molar-refractivity contribution < 1.29 is 0 Å². The fourth-order valence-corrected chi connectivity index (χ4v) is 2.92. The molecule has 0 amide bonds. The molecule has 0 bridgehead atoms. The summed E-state index contributed by atoms with van der Waals surface area (Å²) in [7, 11) is 0. The highest BCUT2D eigenvalue weighted by Gasteiger charge is 2.14. The first-order valence-corrected chi connectivity index (χ1v) is 8.17. The molecule has 2 heterocycles. The smallest absolute Gasteiger partial charge is 0.267 e. The molecule has 5 nitrogen and oxygen atoms in total. The molecule has 0 saturated heterocycles. The van der Waals surface area contributed by atoms with Crippen LogP contribution in [0.25, 0.3) is 16.9 Å². The number of nitrogens with zero attached hydrogens (tertiary/aromatic N) is 4. The average molecular weight is 338 g/mol. The molecule has 2 aromatic heterocycles. The van der Waals surface area contributed by atoms with Gasteiger partial charge in [0.25, 0.3) is 5.56 Å². The standard InChI is InChI=1S/C21H14N4O/c22-14-16-8-4-9-17(12-16)25-20-18(10-5-11-23-20)24-19(21(25)26)13-15-6-2-1-3-7-15/h1-12H,13H2. The zero-order valence-corrected chi connectivity index (χ0v) is 13.8. The van der Waals surface area contributed by atoms with Crippen molar-refractivity contribution in [2.75, 3.05) is 0 Å². The van der Waals surface area contributed by atoms with Crippen LogP contribution in [0.1, 0.15) is 16.8 Å². The van der Waals surface area contributed by atoms with E-state index in [0.29, 0.717) is 34.5 Å². The monoisotopic (exact) mass is 338 g/mol. The Morgan fingerprint density at radius 3 is 2.65 bits per heavy atom. The first kappa shape index (κ1) is 15.7. The minimum atomic E-state index is -0.227. The van der Waals surface area contributed by atoms with Crippen molar-refractivity contribution in [1.82, 2.24) is 14.5 Å². The average Bonchev–Trinajstić information content (AvgIpc) is 2.69. The lowest BCUT2D eigenvalue weighted by Crippen LogP contribution is -2.25. The van der Waals surface area contributed by atoms with Gasteiger partial charge in [0.05, 0.1) is 17.3 Å². The Kier molecular flexibility index (Phi) is 4.00. The van der Waals surface area contributed by atoms with Crippen molar-refractivity contribution >= 4 is 11.2 Å². The van der Waals surface area contributed by atoms with E-state index in [1.54, 1.807) is 36.5 Å². The number of benzene rings is 2. The molecule has 0 spiro atoms. The number of nitriles is 1. The third kappa shape index (κ3) is 2.85. The van der Waals surface area contributed by atoms with Crippen LogP contribution in [0.4, 0.5) is 0 Å². The fraction of sp³-hybridized carbons (Fsp3) is 0.0476. The van der Waals surface area contributed by atoms with E-state index in [-0.39, 0.29) is 5.56 Å². The first-order valence-electron chi connectivity index (χ1n) is 8.17. The molecule has 0 radical (unpaired) electrons. The SMILES string of the molecule is N#Cc1cccc(-n2c(=O)c(Cc3ccccc3)nc3cccnc32)c1. The summed E-state index contributed by atoms with van der Waals surface area (Å²) < 4.78 is 1.53. The Morgan fingerprint density at radius 2 is 1.85 bits per heavy atom. The summed E-state index contributed by atoms with van der Waals surface area (Å²) in [5.74, 6) is 0. The number of hydrogen-bond donors (Lipinski definition) is 0. The Hall–Kier alpha value is -3.78. The van der Waals surface area contributed by atoms with Gasteiger partial charge >= 0.3 is 0 Å². The molecular weight excluding hydrogens is 324 g/mol. The second-order valence-corrected chi connectivity index (χ2v) is 5.87. The quantitative estimate of drug-likeness (QED) is 0.575. The van der Waals surface area contributed by atoms with Gasteiger partial charge in [-0.05, 0) is 35.9 Å². The molecule has 2 aromatic carbocycles. The first-order chi connectivity index (χ1) is 12.8. The second-order valence-electron chi connectivity index (χ2n) is 5.87. The van der Waals surface area contributed by atoms with E-state index in [4.69, 9.17) is 0 Å². The fourth-order valence-electron chi connectivity index (χ4n) is 2.92. The zero-order chi connectivity index (χ0) is 17.9. The molecule has 0 N–H and O–H groups in total. The van der Waals surface area contributed by atoms with E-state index < -0.39 is 0 Å². The summed E-state index contributed by atoms with van der Waals surface area (Å²) in [5, 5.41) is 9.18. The lowest BCUT2D eigenvalue weighted by Gasteiger charge is -2.12. The maximum Gasteiger partial charge on any atom is 0.278 e. The van der Waals surface area contributed by atoms with Crippen LogP contribution < -0.4 is 5.56 Å². The van der Waals surface area contributed by atoms with Gasteiger partial charge in [0.1, 0.15) is 11.2 Å². The summed E-state index contributed by atoms with van der Waals surface area (Å²) in [5.41, 5.74) is 3.44. The summed E-state index contributed by atoms with van der Waals surface area (Å²) in [4.78, 5) is 22.0. The van der Waals surface area contributed by atoms with Crippen molar-refractivity contribution in [3.8, 4) is 11.8 Å². The van der Waals surface area contributed by atoms with E-state index in [1.807, 2.05) is 36.4 Å². The molecule has 0 aliphatic carbocycles. The summed E-state index contributed by atoms with van der Waals surface area (Å²) >= 11 is 0. The second kappa shape index (κ2) is 6.61. The Morgan fingerprint density at radius 1 is 1.00 bits per heavy atom. The van der Waals surface area contributed by atoms with Gasteiger partial charge in [-0.3, -0.25) is 9.36 Å². The van der Waals surface area contributed by atoms with Crippen LogP contribution in [0, 0.1) is 11.3 Å². The van der Waals surface area contributed by atoms with Gasteiger partial charge in [-0.1, -0.05) is 36.4 Å². The van der Waals surface area contributed by atoms with Crippen LogP contribution in [0.2, 0.25) is 0 Å². The molecule has 26 heavy (non-hydrogen) atoms. The molecule has 0 atom stereocenters. The minimum Gasteiger partial charge on any atom is -0.267 e. The highest BCUT2D eigenvalue weighted by atomic mass is 16.1. The molecule has 5 heteroatoms. The zero-order valence-electron chi connectivity index (χ0n) is 13.8. The lowest BCUT2D eigenvalue weighted by molar-refractivity contribution is 0.927. The third-order valence-corrected chi connectivity index (χ3v) is 4.13. The lowest BCUT2D eigenvalue weighted by atomic mass is 10.1. The van der Waals surface area contributed by atoms with Crippen LogP contribution in [-0.2, 0) is 6.42 Å². The number of fused-ring (bicyclic) bond motifs is 1. The van der Waals surface area contributed by atoms with Crippen molar-refractivity contribution in [2.24, 2.45) is 0 Å². The van der Waals surface area contributed by atoms with Crippen LogP contribution in [0.15, 0.2) is 77.7 Å². The molecule has 0 fully saturated rings. The minimum absolute atomic E-state index is 0.227. The van der Waals surface area contributed by atoms with Crippen LogP contribution in [0.5, 0.6) is 0 Å². The predicted molar refractivity (Wildman–Crippen MR) is 99.1 cm³/mol. The van der Waals surface area contributed by atoms with Crippen molar-refractivity contribution in [3.05, 3.63) is 100 Å². The van der Waals surface area contributed by atoms with Gasteiger partial charge in [-0.2, -0.15) is 5.26 Å². The topological polar surface area (TPSA) is 71.6 Å². The van der Waals surface area contributed by atoms with Crippen molar-refractivity contribution in [2.45, 2.75) is 6.42 Å². The van der Waals surface area contributed by atoms with E-state index in [1.165, 1.54) is 4.57 Å². The molecule has 0 aliphatic rings. The van der Waals surface area contributed by atoms with Gasteiger partial charge in [0, 0.05) is 12.6 Å². The van der Waals surface area contributed by atoms with Crippen molar-refractivity contribution in [3.63, 3.8) is 0 Å². The Bertz CT molecular complexity index is 1190. The van der Waals surface area contributed by atoms with E-state index in [9.17, 15) is 10.1 Å². The molecule has 4 rings (SSSR count). The maximum absolute atomic E-state index is 13.2. The molecule has 0 unspecified atom stereocenters. The van der Waals surface area contributed by atoms with E-state index in [0.717, 1.165) is 5.56 Å². The number of rotatable bonds is 3. The van der Waals surface area contributed by atoms with Crippen molar-refractivity contribution in [1.29, 1.82) is 5.26 Å². The van der Waals surface area contributed by atoms with Gasteiger partial charge in [-0.25, -0.2) is 9.97 Å². The van der Waals surface area contributed by atoms with Gasteiger partial charge in [-0.15, -0.1) is 0 Å². The number of hydrogen-bond acceptors (Lipinski definition) is 4. The molecule has 4 aromatic rings. The van der Waals surface area contributed by atoms with Gasteiger partial charge < -0.3 is 0 Å². The Labute approximate surface area is 149 Å². The van der Waals surface area contributed by atoms with Crippen LogP contribution >= 0.6 is 0 Å². The van der Waals surface area contributed by atoms with Gasteiger partial charge in [0.15, 0.2) is 5.65 Å². The van der Waals surface area contributed by atoms with E-state index >= 15 is 0 Å². The molecule has 0 saturated carbocycles. The van der Waals surface area contributed by atoms with Crippen LogP contribution in [0.3, 0.4) is 0 Å². The van der Waals surface area contributed by atoms with Crippen LogP contribution in [-0.4, -0.2) is 14.5 Å².